The topological polar surface area (TPSA) is 116 Å². The molecule has 0 fully saturated rings. The third-order valence-electron chi connectivity index (χ3n) is 6.35. The molecule has 2 N–H and O–H groups in total. The van der Waals surface area contributed by atoms with E-state index in [4.69, 9.17) is 9.47 Å². The number of aliphatic hydroxyl groups is 1. The van der Waals surface area contributed by atoms with Gasteiger partial charge in [-0.05, 0) is 48.9 Å². The first-order chi connectivity index (χ1) is 19.4. The summed E-state index contributed by atoms with van der Waals surface area (Å²) in [7, 11) is 1.55. The number of methoxy groups -OCH3 is 1. The molecule has 10 heteroatoms. The van der Waals surface area contributed by atoms with Crippen LogP contribution in [0.25, 0.3) is 22.2 Å². The molecular formula is C30H25FN4O5. The van der Waals surface area contributed by atoms with Crippen LogP contribution in [0.1, 0.15) is 23.0 Å². The largest absolute Gasteiger partial charge is 0.495 e. The van der Waals surface area contributed by atoms with E-state index in [1.807, 2.05) is 6.92 Å². The highest BCUT2D eigenvalue weighted by Gasteiger charge is 2.21. The van der Waals surface area contributed by atoms with Gasteiger partial charge in [-0.25, -0.2) is 9.37 Å². The summed E-state index contributed by atoms with van der Waals surface area (Å²) in [5.41, 5.74) is 1.85. The van der Waals surface area contributed by atoms with Crippen LogP contribution in [0.3, 0.4) is 0 Å². The quantitative estimate of drug-likeness (QED) is 0.279. The molecule has 5 aromatic rings. The van der Waals surface area contributed by atoms with Crippen LogP contribution >= 0.6 is 0 Å². The zero-order chi connectivity index (χ0) is 28.2. The summed E-state index contributed by atoms with van der Waals surface area (Å²) < 4.78 is 26.3. The highest BCUT2D eigenvalue weighted by Crippen LogP contribution is 2.30. The lowest BCUT2D eigenvalue weighted by Crippen LogP contribution is -2.27. The number of benzene rings is 2. The average Bonchev–Trinajstić information content (AvgIpc) is 2.98. The minimum atomic E-state index is -0.619. The Hall–Kier alpha value is -5.09. The Balaban J connectivity index is 1.40. The molecule has 0 atom stereocenters. The second-order valence-electron chi connectivity index (χ2n) is 8.78. The number of carbonyl (C=O) groups excluding carboxylic acids is 1. The predicted molar refractivity (Wildman–Crippen MR) is 148 cm³/mol. The highest BCUT2D eigenvalue weighted by molar-refractivity contribution is 6.04. The third kappa shape index (κ3) is 5.25. The van der Waals surface area contributed by atoms with Crippen molar-refractivity contribution in [2.75, 3.05) is 12.4 Å². The van der Waals surface area contributed by atoms with Crippen molar-refractivity contribution in [3.63, 3.8) is 0 Å². The molecule has 0 radical (unpaired) electrons. The number of aryl methyl sites for hydroxylation is 1. The summed E-state index contributed by atoms with van der Waals surface area (Å²) in [6.45, 7) is 1.81. The number of hydrogen-bond donors (Lipinski definition) is 2. The monoisotopic (exact) mass is 540 g/mol. The number of hydrogen-bond acceptors (Lipinski definition) is 7. The van der Waals surface area contributed by atoms with Crippen LogP contribution in [-0.4, -0.2) is 32.7 Å². The molecule has 0 saturated carbocycles. The van der Waals surface area contributed by atoms with Crippen molar-refractivity contribution >= 4 is 22.6 Å². The van der Waals surface area contributed by atoms with E-state index in [0.717, 1.165) is 0 Å². The highest BCUT2D eigenvalue weighted by atomic mass is 19.1. The number of anilines is 1. The van der Waals surface area contributed by atoms with E-state index in [0.29, 0.717) is 51.8 Å². The maximum atomic E-state index is 13.5. The molecule has 0 bridgehead atoms. The number of nitrogens with one attached hydrogen (secondary N) is 1. The minimum Gasteiger partial charge on any atom is -0.495 e. The van der Waals surface area contributed by atoms with Gasteiger partial charge in [-0.1, -0.05) is 12.1 Å². The van der Waals surface area contributed by atoms with Crippen molar-refractivity contribution in [3.05, 3.63) is 107 Å². The summed E-state index contributed by atoms with van der Waals surface area (Å²) in [6.07, 6.45) is 4.61. The molecule has 3 aromatic heterocycles. The maximum absolute atomic E-state index is 13.5. The minimum absolute atomic E-state index is 0.108. The molecule has 1 amide bonds. The van der Waals surface area contributed by atoms with Gasteiger partial charge in [-0.3, -0.25) is 14.6 Å². The fourth-order valence-electron chi connectivity index (χ4n) is 4.34. The zero-order valence-electron chi connectivity index (χ0n) is 21.7. The Morgan fingerprint density at radius 2 is 1.80 bits per heavy atom. The van der Waals surface area contributed by atoms with Gasteiger partial charge >= 0.3 is 0 Å². The van der Waals surface area contributed by atoms with E-state index in [2.05, 4.69) is 15.3 Å². The van der Waals surface area contributed by atoms with E-state index in [1.54, 1.807) is 60.5 Å². The Kier molecular flexibility index (Phi) is 7.52. The zero-order valence-corrected chi connectivity index (χ0v) is 21.7. The van der Waals surface area contributed by atoms with Crippen molar-refractivity contribution in [3.8, 4) is 28.4 Å². The van der Waals surface area contributed by atoms with Gasteiger partial charge in [-0.2, -0.15) is 0 Å². The second-order valence-corrected chi connectivity index (χ2v) is 8.78. The van der Waals surface area contributed by atoms with Gasteiger partial charge in [0, 0.05) is 36.8 Å². The fraction of sp³-hybridized carbons (Fsp3) is 0.133. The van der Waals surface area contributed by atoms with E-state index < -0.39 is 23.8 Å². The number of ether oxygens (including phenoxy) is 2. The first-order valence-electron chi connectivity index (χ1n) is 12.4. The predicted octanol–water partition coefficient (Wildman–Crippen LogP) is 5.16. The summed E-state index contributed by atoms with van der Waals surface area (Å²) in [6, 6.07) is 15.5. The standard InChI is InChI=1S/C30H25FN4O5/c1-3-35-16-23(29(37)27(25(35)17-36)18-4-6-19(31)7-5-18)30(38)34-20-8-10-21(11-9-20)40-26-12-13-32-24-14-22(39-2)15-33-28(24)26/h4-16,36H,3,17H2,1-2H3,(H,34,38). The summed E-state index contributed by atoms with van der Waals surface area (Å²) >= 11 is 0. The molecule has 0 unspecified atom stereocenters. The number of carbonyl (C=O) groups is 1. The Labute approximate surface area is 228 Å². The number of fused-ring (bicyclic) bond motifs is 1. The number of aromatic nitrogens is 3. The molecule has 2 aromatic carbocycles. The van der Waals surface area contributed by atoms with Crippen molar-refractivity contribution in [2.24, 2.45) is 0 Å². The third-order valence-corrected chi connectivity index (χ3v) is 6.35. The van der Waals surface area contributed by atoms with E-state index in [-0.39, 0.29) is 11.1 Å². The molecule has 0 aliphatic heterocycles. The van der Waals surface area contributed by atoms with Crippen molar-refractivity contribution in [1.82, 2.24) is 14.5 Å². The number of amides is 1. The van der Waals surface area contributed by atoms with Crippen LogP contribution in [0.2, 0.25) is 0 Å². The molecule has 0 aliphatic carbocycles. The number of rotatable bonds is 8. The Morgan fingerprint density at radius 3 is 2.48 bits per heavy atom. The normalized spacial score (nSPS) is 10.9. The number of halogens is 1. The molecule has 40 heavy (non-hydrogen) atoms. The van der Waals surface area contributed by atoms with Gasteiger partial charge in [-0.15, -0.1) is 0 Å². The van der Waals surface area contributed by atoms with E-state index >= 15 is 0 Å². The molecule has 0 spiro atoms. The van der Waals surface area contributed by atoms with Crippen LogP contribution in [0.5, 0.6) is 17.2 Å². The van der Waals surface area contributed by atoms with Gasteiger partial charge in [0.05, 0.1) is 36.7 Å². The maximum Gasteiger partial charge on any atom is 0.261 e. The van der Waals surface area contributed by atoms with E-state index in [9.17, 15) is 19.1 Å². The first-order valence-corrected chi connectivity index (χ1v) is 12.4. The van der Waals surface area contributed by atoms with Crippen LogP contribution < -0.4 is 20.2 Å². The lowest BCUT2D eigenvalue weighted by Gasteiger charge is -2.17. The summed E-state index contributed by atoms with van der Waals surface area (Å²) in [5.74, 6) is 0.509. The van der Waals surface area contributed by atoms with Gasteiger partial charge in [0.25, 0.3) is 5.91 Å². The molecule has 0 aliphatic rings. The van der Waals surface area contributed by atoms with Gasteiger partial charge in [0.1, 0.15) is 28.4 Å². The lowest BCUT2D eigenvalue weighted by atomic mass is 10.0. The molecule has 9 nitrogen and oxygen atoms in total. The summed E-state index contributed by atoms with van der Waals surface area (Å²) in [5, 5.41) is 12.7. The smallest absolute Gasteiger partial charge is 0.261 e. The SMILES string of the molecule is CCn1cc(C(=O)Nc2ccc(Oc3ccnc4cc(OC)cnc34)cc2)c(=O)c(-c2ccc(F)cc2)c1CO. The molecule has 3 heterocycles. The fourth-order valence-corrected chi connectivity index (χ4v) is 4.34. The van der Waals surface area contributed by atoms with Crippen molar-refractivity contribution in [2.45, 2.75) is 20.1 Å². The van der Waals surface area contributed by atoms with Crippen LogP contribution in [0.4, 0.5) is 10.1 Å². The van der Waals surface area contributed by atoms with Crippen molar-refractivity contribution < 1.29 is 23.8 Å². The van der Waals surface area contributed by atoms with Crippen LogP contribution in [-0.2, 0) is 13.2 Å². The van der Waals surface area contributed by atoms with Crippen LogP contribution in [0.15, 0.2) is 84.0 Å². The molecule has 202 valence electrons. The number of aliphatic hydroxyl groups excluding tert-OH is 1. The lowest BCUT2D eigenvalue weighted by molar-refractivity contribution is 0.102. The summed E-state index contributed by atoms with van der Waals surface area (Å²) in [4.78, 5) is 35.3. The van der Waals surface area contributed by atoms with Gasteiger partial charge in [0.2, 0.25) is 5.43 Å². The first kappa shape index (κ1) is 26.5. The molecular weight excluding hydrogens is 515 g/mol. The van der Waals surface area contributed by atoms with E-state index in [1.165, 1.54) is 30.5 Å². The Bertz CT molecular complexity index is 1750. The van der Waals surface area contributed by atoms with Gasteiger partial charge < -0.3 is 24.5 Å². The average molecular weight is 541 g/mol. The molecule has 0 saturated heterocycles. The number of nitrogens with zero attached hydrogens (tertiary/aromatic N) is 3. The Morgan fingerprint density at radius 1 is 1.05 bits per heavy atom. The van der Waals surface area contributed by atoms with Crippen molar-refractivity contribution in [1.29, 1.82) is 0 Å². The van der Waals surface area contributed by atoms with Crippen LogP contribution in [0, 0.1) is 5.82 Å². The molecule has 5 rings (SSSR count). The van der Waals surface area contributed by atoms with Gasteiger partial charge in [0.15, 0.2) is 5.75 Å². The second kappa shape index (κ2) is 11.3. The number of pyridine rings is 3.